The Bertz CT molecular complexity index is 1030. The van der Waals surface area contributed by atoms with Crippen molar-refractivity contribution in [3.8, 4) is 0 Å². The van der Waals surface area contributed by atoms with Crippen molar-refractivity contribution in [3.05, 3.63) is 83.9 Å². The van der Waals surface area contributed by atoms with Crippen molar-refractivity contribution in [1.29, 1.82) is 0 Å². The first-order valence-corrected chi connectivity index (χ1v) is 13.2. The Morgan fingerprint density at radius 1 is 1.03 bits per heavy atom. The number of ether oxygens (including phenoxy) is 5. The van der Waals surface area contributed by atoms with Gasteiger partial charge in [0.1, 0.15) is 18.8 Å². The lowest BCUT2D eigenvalue weighted by atomic mass is 9.93. The predicted octanol–water partition coefficient (Wildman–Crippen LogP) is 4.66. The van der Waals surface area contributed by atoms with E-state index >= 15 is 0 Å². The summed E-state index contributed by atoms with van der Waals surface area (Å²) < 4.78 is 29.7. The van der Waals surface area contributed by atoms with Crippen molar-refractivity contribution in [2.24, 2.45) is 5.92 Å². The van der Waals surface area contributed by atoms with Crippen LogP contribution in [0.3, 0.4) is 0 Å². The van der Waals surface area contributed by atoms with Gasteiger partial charge >= 0.3 is 6.09 Å². The van der Waals surface area contributed by atoms with E-state index in [9.17, 15) is 9.90 Å². The number of amides is 1. The lowest BCUT2D eigenvalue weighted by Gasteiger charge is -2.30. The number of benzene rings is 2. The average molecular weight is 526 g/mol. The summed E-state index contributed by atoms with van der Waals surface area (Å²) in [6.07, 6.45) is 3.18. The lowest BCUT2D eigenvalue weighted by Crippen LogP contribution is -2.38. The molecule has 2 aliphatic rings. The molecule has 0 aromatic heterocycles. The van der Waals surface area contributed by atoms with E-state index in [2.05, 4.69) is 0 Å². The summed E-state index contributed by atoms with van der Waals surface area (Å²) in [5, 5.41) is 9.30. The smallest absolute Gasteiger partial charge is 0.410 e. The Labute approximate surface area is 225 Å². The fraction of sp³-hybridized carbons (Fsp3) is 0.500. The zero-order valence-electron chi connectivity index (χ0n) is 22.4. The van der Waals surface area contributed by atoms with Crippen molar-refractivity contribution in [2.75, 3.05) is 20.3 Å². The maximum Gasteiger partial charge on any atom is 0.410 e. The normalized spacial score (nSPS) is 24.8. The number of carbonyl (C=O) groups is 1. The first kappa shape index (κ1) is 28.3. The van der Waals surface area contributed by atoms with Crippen LogP contribution in [-0.4, -0.2) is 66.8 Å². The van der Waals surface area contributed by atoms with Gasteiger partial charge in [-0.25, -0.2) is 4.79 Å². The lowest BCUT2D eigenvalue weighted by molar-refractivity contribution is -0.228. The SMILES string of the molecule is CO[C@@H]1O[C@H](C[C@H](C/C=C/CO)CN(Cc2ccccc2)C(=O)OCc2ccccc2)C2OC(C)(C)O[C@@H]21. The van der Waals surface area contributed by atoms with Gasteiger partial charge in [-0.2, -0.15) is 0 Å². The third-order valence-electron chi connectivity index (χ3n) is 6.80. The van der Waals surface area contributed by atoms with Gasteiger partial charge in [-0.3, -0.25) is 0 Å². The van der Waals surface area contributed by atoms with E-state index in [1.54, 1.807) is 18.1 Å². The predicted molar refractivity (Wildman–Crippen MR) is 142 cm³/mol. The highest BCUT2D eigenvalue weighted by molar-refractivity contribution is 5.67. The van der Waals surface area contributed by atoms with Crippen LogP contribution in [0.15, 0.2) is 72.8 Å². The molecule has 4 rings (SSSR count). The molecule has 8 heteroatoms. The fourth-order valence-corrected chi connectivity index (χ4v) is 5.09. The van der Waals surface area contributed by atoms with Gasteiger partial charge in [0.25, 0.3) is 0 Å². The van der Waals surface area contributed by atoms with Crippen LogP contribution < -0.4 is 0 Å². The minimum atomic E-state index is -0.721. The van der Waals surface area contributed by atoms with Crippen LogP contribution in [0.1, 0.15) is 37.8 Å². The fourth-order valence-electron chi connectivity index (χ4n) is 5.09. The van der Waals surface area contributed by atoms with Crippen LogP contribution in [0, 0.1) is 5.92 Å². The number of allylic oxidation sites excluding steroid dienone is 1. The Hall–Kier alpha value is -2.75. The van der Waals surface area contributed by atoms with Crippen molar-refractivity contribution in [3.63, 3.8) is 0 Å². The van der Waals surface area contributed by atoms with Crippen LogP contribution in [0.4, 0.5) is 4.79 Å². The zero-order valence-corrected chi connectivity index (χ0v) is 22.4. The van der Waals surface area contributed by atoms with Gasteiger partial charge < -0.3 is 33.7 Å². The van der Waals surface area contributed by atoms with Gasteiger partial charge in [0.2, 0.25) is 0 Å². The Morgan fingerprint density at radius 3 is 2.34 bits per heavy atom. The number of rotatable bonds is 12. The van der Waals surface area contributed by atoms with Gasteiger partial charge in [0.05, 0.1) is 12.7 Å². The molecule has 0 radical (unpaired) electrons. The van der Waals surface area contributed by atoms with Crippen molar-refractivity contribution >= 4 is 6.09 Å². The van der Waals surface area contributed by atoms with Crippen LogP contribution in [0.25, 0.3) is 0 Å². The van der Waals surface area contributed by atoms with E-state index < -0.39 is 12.1 Å². The summed E-state index contributed by atoms with van der Waals surface area (Å²) in [5.74, 6) is -0.708. The molecule has 1 N–H and O–H groups in total. The molecule has 1 unspecified atom stereocenters. The number of nitrogens with zero attached hydrogens (tertiary/aromatic N) is 1. The summed E-state index contributed by atoms with van der Waals surface area (Å²) >= 11 is 0. The largest absolute Gasteiger partial charge is 0.445 e. The Balaban J connectivity index is 1.50. The molecule has 206 valence electrons. The third kappa shape index (κ3) is 7.65. The molecule has 0 saturated carbocycles. The second kappa shape index (κ2) is 13.4. The maximum absolute atomic E-state index is 13.3. The monoisotopic (exact) mass is 525 g/mol. The topological polar surface area (TPSA) is 86.7 Å². The molecule has 2 aliphatic heterocycles. The molecule has 5 atom stereocenters. The molecule has 2 saturated heterocycles. The summed E-state index contributed by atoms with van der Waals surface area (Å²) in [5.41, 5.74) is 1.94. The summed E-state index contributed by atoms with van der Waals surface area (Å²) in [7, 11) is 1.60. The molecule has 2 aromatic carbocycles. The van der Waals surface area contributed by atoms with E-state index in [0.717, 1.165) is 11.1 Å². The second-order valence-electron chi connectivity index (χ2n) is 10.2. The molecule has 2 heterocycles. The highest BCUT2D eigenvalue weighted by Gasteiger charge is 2.55. The highest BCUT2D eigenvalue weighted by atomic mass is 16.8. The van der Waals surface area contributed by atoms with Crippen LogP contribution in [0.2, 0.25) is 0 Å². The second-order valence-corrected chi connectivity index (χ2v) is 10.2. The van der Waals surface area contributed by atoms with E-state index in [1.807, 2.05) is 80.6 Å². The van der Waals surface area contributed by atoms with Crippen molar-refractivity contribution in [2.45, 2.75) is 70.2 Å². The van der Waals surface area contributed by atoms with Gasteiger partial charge in [-0.1, -0.05) is 72.8 Å². The molecule has 38 heavy (non-hydrogen) atoms. The number of methoxy groups -OCH3 is 1. The minimum absolute atomic E-state index is 0.0133. The van der Waals surface area contributed by atoms with Crippen molar-refractivity contribution in [1.82, 2.24) is 4.90 Å². The number of hydrogen-bond acceptors (Lipinski definition) is 7. The number of carbonyl (C=O) groups excluding carboxylic acids is 1. The zero-order chi connectivity index (χ0) is 27.0. The van der Waals surface area contributed by atoms with Gasteiger partial charge in [-0.05, 0) is 43.7 Å². The van der Waals surface area contributed by atoms with Crippen LogP contribution in [-0.2, 0) is 36.8 Å². The van der Waals surface area contributed by atoms with Gasteiger partial charge in [0, 0.05) is 20.2 Å². The average Bonchev–Trinajstić information content (AvgIpc) is 3.40. The third-order valence-corrected chi connectivity index (χ3v) is 6.80. The first-order chi connectivity index (χ1) is 18.4. The number of fused-ring (bicyclic) bond motifs is 1. The Kier molecular flexibility index (Phi) is 9.93. The molecule has 2 fully saturated rings. The number of hydrogen-bond donors (Lipinski definition) is 1. The van der Waals surface area contributed by atoms with E-state index in [0.29, 0.717) is 25.9 Å². The molecule has 8 nitrogen and oxygen atoms in total. The minimum Gasteiger partial charge on any atom is -0.445 e. The van der Waals surface area contributed by atoms with Gasteiger partial charge in [0.15, 0.2) is 12.1 Å². The standard InChI is InChI=1S/C30H39NO7/c1-30(2)37-26-25(36-28(34-3)27(26)38-30)18-24(16-10-11-17-32)20-31(19-22-12-6-4-7-13-22)29(33)35-21-23-14-8-5-9-15-23/h4-15,24-28,32H,16-21H2,1-3H3/b11-10+/t24-,25+,26?,27-,28+/m0/s1. The molecule has 0 bridgehead atoms. The molecule has 0 spiro atoms. The molecule has 0 aliphatic carbocycles. The maximum atomic E-state index is 13.3. The van der Waals surface area contributed by atoms with Gasteiger partial charge in [-0.15, -0.1) is 0 Å². The summed E-state index contributed by atoms with van der Waals surface area (Å²) in [4.78, 5) is 15.1. The number of aliphatic hydroxyl groups is 1. The van der Waals surface area contributed by atoms with Crippen LogP contribution in [0.5, 0.6) is 0 Å². The molecule has 2 aromatic rings. The summed E-state index contributed by atoms with van der Waals surface area (Å²) in [6, 6.07) is 19.5. The quantitative estimate of drug-likeness (QED) is 0.403. The van der Waals surface area contributed by atoms with Crippen molar-refractivity contribution < 1.29 is 33.6 Å². The first-order valence-electron chi connectivity index (χ1n) is 13.2. The van der Waals surface area contributed by atoms with Crippen LogP contribution >= 0.6 is 0 Å². The highest BCUT2D eigenvalue weighted by Crippen LogP contribution is 2.41. The summed E-state index contributed by atoms with van der Waals surface area (Å²) in [6.45, 7) is 4.80. The molecular weight excluding hydrogens is 486 g/mol. The molecule has 1 amide bonds. The molecular formula is C30H39NO7. The Morgan fingerprint density at radius 2 is 1.68 bits per heavy atom. The number of aliphatic hydroxyl groups excluding tert-OH is 1. The van der Waals surface area contributed by atoms with E-state index in [-0.39, 0.29) is 43.5 Å². The van der Waals surface area contributed by atoms with E-state index in [1.165, 1.54) is 0 Å². The van der Waals surface area contributed by atoms with E-state index in [4.69, 9.17) is 23.7 Å².